The molecule has 1 rings (SSSR count). The van der Waals surface area contributed by atoms with Crippen molar-refractivity contribution < 1.29 is 4.74 Å². The highest BCUT2D eigenvalue weighted by Gasteiger charge is 1.98. The van der Waals surface area contributed by atoms with Crippen LogP contribution in [0.25, 0.3) is 10.4 Å². The second kappa shape index (κ2) is 3.38. The summed E-state index contributed by atoms with van der Waals surface area (Å²) >= 11 is 0. The van der Waals surface area contributed by atoms with Gasteiger partial charge in [0.15, 0.2) is 11.6 Å². The van der Waals surface area contributed by atoms with Gasteiger partial charge in [0.2, 0.25) is 0 Å². The molecule has 1 heterocycles. The molecule has 0 bridgehead atoms. The van der Waals surface area contributed by atoms with E-state index in [0.717, 1.165) is 0 Å². The predicted octanol–water partition coefficient (Wildman–Crippen LogP) is 1.43. The molecule has 0 amide bonds. The van der Waals surface area contributed by atoms with E-state index >= 15 is 0 Å². The summed E-state index contributed by atoms with van der Waals surface area (Å²) in [4.78, 5) is 9.93. The van der Waals surface area contributed by atoms with Crippen molar-refractivity contribution in [2.45, 2.75) is 0 Å². The monoisotopic (exact) mass is 151 g/mol. The van der Waals surface area contributed by atoms with Crippen LogP contribution >= 0.6 is 0 Å². The number of nitrogens with zero attached hydrogens (tertiary/aromatic N) is 5. The van der Waals surface area contributed by atoms with Crippen molar-refractivity contribution in [2.24, 2.45) is 5.11 Å². The standard InChI is InChI=1S/C5H5N5O/c1-11-4-2-7-3-8-5(4)9-10-6/h2-3H,1H3. The Morgan fingerprint density at radius 3 is 3.18 bits per heavy atom. The van der Waals surface area contributed by atoms with Crippen molar-refractivity contribution in [2.75, 3.05) is 7.11 Å². The van der Waals surface area contributed by atoms with Crippen molar-refractivity contribution in [3.05, 3.63) is 23.0 Å². The molecule has 0 aliphatic heterocycles. The maximum Gasteiger partial charge on any atom is 0.172 e. The lowest BCUT2D eigenvalue weighted by Gasteiger charge is -1.98. The van der Waals surface area contributed by atoms with Gasteiger partial charge in [-0.2, -0.15) is 0 Å². The Bertz CT molecular complexity index is 293. The van der Waals surface area contributed by atoms with Gasteiger partial charge in [0.25, 0.3) is 0 Å². The van der Waals surface area contributed by atoms with Crippen LogP contribution in [0.3, 0.4) is 0 Å². The second-order valence-corrected chi connectivity index (χ2v) is 1.60. The van der Waals surface area contributed by atoms with Gasteiger partial charge < -0.3 is 4.74 Å². The molecule has 1 aromatic rings. The van der Waals surface area contributed by atoms with Crippen LogP contribution in [0.5, 0.6) is 5.75 Å². The molecule has 0 atom stereocenters. The molecule has 0 spiro atoms. The van der Waals surface area contributed by atoms with E-state index in [4.69, 9.17) is 10.3 Å². The summed E-state index contributed by atoms with van der Waals surface area (Å²) in [7, 11) is 1.45. The third-order valence-corrected chi connectivity index (χ3v) is 1.02. The number of hydrogen-bond acceptors (Lipinski definition) is 4. The third kappa shape index (κ3) is 1.56. The van der Waals surface area contributed by atoms with Gasteiger partial charge in [0.05, 0.1) is 13.3 Å². The minimum absolute atomic E-state index is 0.199. The van der Waals surface area contributed by atoms with Crippen LogP contribution in [-0.2, 0) is 0 Å². The highest BCUT2D eigenvalue weighted by Crippen LogP contribution is 2.21. The smallest absolute Gasteiger partial charge is 0.172 e. The molecular formula is C5H5N5O. The van der Waals surface area contributed by atoms with E-state index in [9.17, 15) is 0 Å². The lowest BCUT2D eigenvalue weighted by molar-refractivity contribution is 0.412. The molecule has 0 radical (unpaired) electrons. The van der Waals surface area contributed by atoms with Gasteiger partial charge in [-0.1, -0.05) is 0 Å². The van der Waals surface area contributed by atoms with Gasteiger partial charge in [-0.05, 0) is 10.6 Å². The molecule has 0 fully saturated rings. The van der Waals surface area contributed by atoms with E-state index in [0.29, 0.717) is 5.75 Å². The average Bonchev–Trinajstić information content (AvgIpc) is 2.06. The van der Waals surface area contributed by atoms with E-state index < -0.39 is 0 Å². The van der Waals surface area contributed by atoms with E-state index in [1.807, 2.05) is 0 Å². The van der Waals surface area contributed by atoms with Crippen molar-refractivity contribution in [1.29, 1.82) is 0 Å². The molecular weight excluding hydrogens is 146 g/mol. The van der Waals surface area contributed by atoms with Crippen LogP contribution in [0, 0.1) is 0 Å². The highest BCUT2D eigenvalue weighted by molar-refractivity contribution is 5.41. The summed E-state index contributed by atoms with van der Waals surface area (Å²) in [5, 5.41) is 3.28. The topological polar surface area (TPSA) is 83.8 Å². The van der Waals surface area contributed by atoms with Crippen molar-refractivity contribution in [3.63, 3.8) is 0 Å². The first-order valence-electron chi connectivity index (χ1n) is 2.77. The third-order valence-electron chi connectivity index (χ3n) is 1.02. The molecule has 11 heavy (non-hydrogen) atoms. The van der Waals surface area contributed by atoms with Crippen LogP contribution in [0.4, 0.5) is 5.82 Å². The highest BCUT2D eigenvalue weighted by atomic mass is 16.5. The maximum atomic E-state index is 8.08. The second-order valence-electron chi connectivity index (χ2n) is 1.60. The minimum atomic E-state index is 0.199. The van der Waals surface area contributed by atoms with E-state index in [-0.39, 0.29) is 5.82 Å². The fourth-order valence-electron chi connectivity index (χ4n) is 0.572. The van der Waals surface area contributed by atoms with Crippen molar-refractivity contribution in [1.82, 2.24) is 9.97 Å². The average molecular weight is 151 g/mol. The van der Waals surface area contributed by atoms with E-state index in [1.54, 1.807) is 0 Å². The van der Waals surface area contributed by atoms with Crippen LogP contribution in [0.2, 0.25) is 0 Å². The first kappa shape index (κ1) is 7.30. The molecule has 0 N–H and O–H groups in total. The number of hydrogen-bond donors (Lipinski definition) is 0. The normalized spacial score (nSPS) is 8.45. The molecule has 0 aliphatic rings. The molecule has 1 aromatic heterocycles. The molecule has 0 aliphatic carbocycles. The fourth-order valence-corrected chi connectivity index (χ4v) is 0.572. The Kier molecular flexibility index (Phi) is 2.24. The lowest BCUT2D eigenvalue weighted by Crippen LogP contribution is -1.86. The number of rotatable bonds is 2. The molecule has 6 nitrogen and oxygen atoms in total. The summed E-state index contributed by atoms with van der Waals surface area (Å²) in [6, 6.07) is 0. The number of aromatic nitrogens is 2. The Morgan fingerprint density at radius 2 is 2.55 bits per heavy atom. The van der Waals surface area contributed by atoms with Gasteiger partial charge in [-0.15, -0.1) is 0 Å². The fraction of sp³-hybridized carbons (Fsp3) is 0.200. The van der Waals surface area contributed by atoms with Crippen LogP contribution in [0.15, 0.2) is 17.6 Å². The summed E-state index contributed by atoms with van der Waals surface area (Å²) in [5.41, 5.74) is 8.08. The first-order chi connectivity index (χ1) is 5.38. The SMILES string of the molecule is COc1cncnc1N=[N+]=[N-]. The quantitative estimate of drug-likeness (QED) is 0.364. The zero-order valence-corrected chi connectivity index (χ0v) is 5.80. The lowest BCUT2D eigenvalue weighted by atomic mass is 10.5. The zero-order valence-electron chi connectivity index (χ0n) is 5.80. The number of methoxy groups -OCH3 is 1. The van der Waals surface area contributed by atoms with Crippen LogP contribution in [0.1, 0.15) is 0 Å². The largest absolute Gasteiger partial charge is 0.493 e. The molecule has 0 saturated heterocycles. The van der Waals surface area contributed by atoms with Gasteiger partial charge in [-0.3, -0.25) is 0 Å². The predicted molar refractivity (Wildman–Crippen MR) is 37.4 cm³/mol. The van der Waals surface area contributed by atoms with E-state index in [2.05, 4.69) is 20.0 Å². The van der Waals surface area contributed by atoms with Gasteiger partial charge in [0.1, 0.15) is 6.33 Å². The minimum Gasteiger partial charge on any atom is -0.493 e. The molecule has 0 saturated carbocycles. The Labute approximate surface area is 62.5 Å². The molecule has 6 heteroatoms. The number of ether oxygens (including phenoxy) is 1. The molecule has 56 valence electrons. The van der Waals surface area contributed by atoms with Crippen molar-refractivity contribution >= 4 is 5.82 Å². The van der Waals surface area contributed by atoms with Crippen LogP contribution in [-0.4, -0.2) is 17.1 Å². The maximum absolute atomic E-state index is 8.08. The Hall–Kier alpha value is -1.81. The van der Waals surface area contributed by atoms with Crippen molar-refractivity contribution in [3.8, 4) is 5.75 Å². The zero-order chi connectivity index (χ0) is 8.10. The summed E-state index contributed by atoms with van der Waals surface area (Å²) in [5.74, 6) is 0.565. The molecule has 0 aromatic carbocycles. The summed E-state index contributed by atoms with van der Waals surface area (Å²) in [6.45, 7) is 0. The summed E-state index contributed by atoms with van der Waals surface area (Å²) < 4.78 is 4.81. The van der Waals surface area contributed by atoms with E-state index in [1.165, 1.54) is 19.6 Å². The summed E-state index contributed by atoms with van der Waals surface area (Å²) in [6.07, 6.45) is 2.71. The van der Waals surface area contributed by atoms with Crippen LogP contribution < -0.4 is 4.74 Å². The Balaban J connectivity index is 3.11. The van der Waals surface area contributed by atoms with Gasteiger partial charge >= 0.3 is 0 Å². The van der Waals surface area contributed by atoms with Gasteiger partial charge in [0, 0.05) is 4.91 Å². The molecule has 0 unspecified atom stereocenters. The number of azide groups is 1. The first-order valence-corrected chi connectivity index (χ1v) is 2.77. The Morgan fingerprint density at radius 1 is 1.73 bits per heavy atom. The van der Waals surface area contributed by atoms with Gasteiger partial charge in [-0.25, -0.2) is 9.97 Å².